The van der Waals surface area contributed by atoms with Crippen LogP contribution in [0.5, 0.6) is 0 Å². The monoisotopic (exact) mass is 470 g/mol. The molecule has 0 radical (unpaired) electrons. The van der Waals surface area contributed by atoms with Crippen LogP contribution in [0.15, 0.2) is 41.3 Å². The third-order valence-electron chi connectivity index (χ3n) is 7.70. The Balaban J connectivity index is 1.50. The van der Waals surface area contributed by atoms with Crippen LogP contribution >= 0.6 is 0 Å². The van der Waals surface area contributed by atoms with E-state index in [0.29, 0.717) is 34.4 Å². The molecule has 35 heavy (non-hydrogen) atoms. The van der Waals surface area contributed by atoms with Gasteiger partial charge in [-0.05, 0) is 57.4 Å². The van der Waals surface area contributed by atoms with Crippen molar-refractivity contribution < 1.29 is 4.39 Å². The molecular weight excluding hydrogens is 443 g/mol. The van der Waals surface area contributed by atoms with E-state index in [-0.39, 0.29) is 16.7 Å². The van der Waals surface area contributed by atoms with Gasteiger partial charge in [-0.2, -0.15) is 0 Å². The van der Waals surface area contributed by atoms with E-state index in [9.17, 15) is 9.18 Å². The quantitative estimate of drug-likeness (QED) is 0.574. The highest BCUT2D eigenvalue weighted by atomic mass is 19.1. The lowest BCUT2D eigenvalue weighted by atomic mass is 9.87. The van der Waals surface area contributed by atoms with Crippen molar-refractivity contribution in [2.45, 2.75) is 38.5 Å². The Bertz CT molecular complexity index is 1400. The molecule has 3 aliphatic rings. The van der Waals surface area contributed by atoms with E-state index in [0.717, 1.165) is 57.6 Å². The lowest BCUT2D eigenvalue weighted by Crippen LogP contribution is -2.33. The Labute approximate surface area is 203 Å². The number of pyridine rings is 1. The van der Waals surface area contributed by atoms with E-state index < -0.39 is 5.82 Å². The molecule has 6 rings (SSSR count). The minimum atomic E-state index is -0.625. The minimum Gasteiger partial charge on any atom is -0.356 e. The van der Waals surface area contributed by atoms with Gasteiger partial charge >= 0.3 is 0 Å². The fourth-order valence-electron chi connectivity index (χ4n) is 5.48. The topological polar surface area (TPSA) is 67.4 Å². The molecule has 178 valence electrons. The molecule has 1 unspecified atom stereocenters. The summed E-state index contributed by atoms with van der Waals surface area (Å²) in [5.41, 5.74) is 2.63. The van der Waals surface area contributed by atoms with Crippen LogP contribution in [-0.4, -0.2) is 40.7 Å². The van der Waals surface area contributed by atoms with Crippen LogP contribution in [0.25, 0.3) is 21.9 Å². The second kappa shape index (κ2) is 8.28. The summed E-state index contributed by atoms with van der Waals surface area (Å²) in [7, 11) is 0. The summed E-state index contributed by atoms with van der Waals surface area (Å²) in [6.07, 6.45) is 6.17. The number of rotatable bonds is 4. The molecular formula is C27H27FN6O. The van der Waals surface area contributed by atoms with E-state index in [2.05, 4.69) is 20.0 Å². The van der Waals surface area contributed by atoms with Gasteiger partial charge in [-0.25, -0.2) is 14.2 Å². The van der Waals surface area contributed by atoms with E-state index in [4.69, 9.17) is 11.6 Å². The van der Waals surface area contributed by atoms with Crippen LogP contribution in [0.1, 0.15) is 42.9 Å². The van der Waals surface area contributed by atoms with Gasteiger partial charge in [0.2, 0.25) is 5.69 Å². The van der Waals surface area contributed by atoms with Gasteiger partial charge in [0.15, 0.2) is 0 Å². The molecule has 1 N–H and O–H groups in total. The molecule has 4 heterocycles. The predicted molar refractivity (Wildman–Crippen MR) is 133 cm³/mol. The van der Waals surface area contributed by atoms with E-state index >= 15 is 0 Å². The van der Waals surface area contributed by atoms with Crippen LogP contribution in [0.2, 0.25) is 0 Å². The van der Waals surface area contributed by atoms with Crippen molar-refractivity contribution in [3.63, 3.8) is 0 Å². The highest BCUT2D eigenvalue weighted by Crippen LogP contribution is 2.40. The molecule has 1 aliphatic carbocycles. The van der Waals surface area contributed by atoms with Gasteiger partial charge in [0.05, 0.1) is 24.0 Å². The zero-order valence-electron chi connectivity index (χ0n) is 19.7. The molecule has 0 amide bonds. The van der Waals surface area contributed by atoms with Gasteiger partial charge in [-0.1, -0.05) is 12.1 Å². The number of aromatic nitrogens is 3. The average Bonchev–Trinajstić information content (AvgIpc) is 3.49. The molecule has 3 aromatic rings. The maximum Gasteiger partial charge on any atom is 0.263 e. The zero-order valence-corrected chi connectivity index (χ0v) is 19.7. The summed E-state index contributed by atoms with van der Waals surface area (Å²) in [5.74, 6) is 0.893. The molecule has 1 aromatic carbocycles. The molecule has 0 bridgehead atoms. The third-order valence-corrected chi connectivity index (χ3v) is 7.70. The van der Waals surface area contributed by atoms with Crippen molar-refractivity contribution in [3.05, 3.63) is 75.4 Å². The molecule has 2 aromatic heterocycles. The number of anilines is 1. The van der Waals surface area contributed by atoms with Crippen molar-refractivity contribution in [2.75, 3.05) is 31.1 Å². The number of nitrogens with one attached hydrogen (secondary N) is 1. The Morgan fingerprint density at radius 2 is 2.09 bits per heavy atom. The SMILES string of the molecule is [C-]#[N+]c1ccc(-c2nc(N3CCC4(CCNC4)C3)c(C)c(=O)n2-c2ccc(C3CC3)nc2)cc1F. The number of halogens is 1. The van der Waals surface area contributed by atoms with Crippen molar-refractivity contribution >= 4 is 11.5 Å². The molecule has 1 atom stereocenters. The second-order valence-electron chi connectivity index (χ2n) is 10.1. The van der Waals surface area contributed by atoms with Gasteiger partial charge < -0.3 is 10.2 Å². The highest BCUT2D eigenvalue weighted by Gasteiger charge is 2.41. The summed E-state index contributed by atoms with van der Waals surface area (Å²) >= 11 is 0. The first kappa shape index (κ1) is 21.9. The van der Waals surface area contributed by atoms with Crippen LogP contribution in [0.4, 0.5) is 15.9 Å². The van der Waals surface area contributed by atoms with Crippen LogP contribution in [0, 0.1) is 24.7 Å². The Kier molecular flexibility index (Phi) is 5.19. The minimum absolute atomic E-state index is 0.0550. The fourth-order valence-corrected chi connectivity index (χ4v) is 5.48. The highest BCUT2D eigenvalue weighted by molar-refractivity contribution is 5.66. The van der Waals surface area contributed by atoms with Crippen molar-refractivity contribution in [1.82, 2.24) is 19.9 Å². The van der Waals surface area contributed by atoms with Gasteiger partial charge in [-0.3, -0.25) is 14.3 Å². The van der Waals surface area contributed by atoms with E-state index in [1.54, 1.807) is 12.3 Å². The Morgan fingerprint density at radius 1 is 1.23 bits per heavy atom. The molecule has 2 saturated heterocycles. The number of hydrogen-bond donors (Lipinski definition) is 1. The molecule has 1 spiro atoms. The first-order valence-corrected chi connectivity index (χ1v) is 12.2. The molecule has 2 aliphatic heterocycles. The lowest BCUT2D eigenvalue weighted by Gasteiger charge is -2.25. The molecule has 7 nitrogen and oxygen atoms in total. The maximum atomic E-state index is 14.6. The Morgan fingerprint density at radius 3 is 2.74 bits per heavy atom. The van der Waals surface area contributed by atoms with E-state index in [1.165, 1.54) is 16.7 Å². The normalized spacial score (nSPS) is 21.6. The average molecular weight is 471 g/mol. The summed E-state index contributed by atoms with van der Waals surface area (Å²) in [5, 5.41) is 3.47. The Hall–Kier alpha value is -3.57. The summed E-state index contributed by atoms with van der Waals surface area (Å²) in [4.78, 5) is 28.8. The van der Waals surface area contributed by atoms with Crippen molar-refractivity contribution in [1.29, 1.82) is 0 Å². The van der Waals surface area contributed by atoms with Crippen molar-refractivity contribution in [2.24, 2.45) is 5.41 Å². The number of nitrogens with zero attached hydrogens (tertiary/aromatic N) is 5. The molecule has 3 fully saturated rings. The van der Waals surface area contributed by atoms with Gasteiger partial charge in [0, 0.05) is 42.2 Å². The predicted octanol–water partition coefficient (Wildman–Crippen LogP) is 4.36. The summed E-state index contributed by atoms with van der Waals surface area (Å²) < 4.78 is 16.2. The van der Waals surface area contributed by atoms with Crippen LogP contribution < -0.4 is 15.8 Å². The first-order chi connectivity index (χ1) is 17.0. The van der Waals surface area contributed by atoms with Crippen molar-refractivity contribution in [3.8, 4) is 17.1 Å². The first-order valence-electron chi connectivity index (χ1n) is 12.2. The van der Waals surface area contributed by atoms with Crippen LogP contribution in [-0.2, 0) is 0 Å². The fraction of sp³-hybridized carbons (Fsp3) is 0.407. The smallest absolute Gasteiger partial charge is 0.263 e. The van der Waals surface area contributed by atoms with Gasteiger partial charge in [0.25, 0.3) is 5.56 Å². The maximum absolute atomic E-state index is 14.6. The summed E-state index contributed by atoms with van der Waals surface area (Å²) in [6, 6.07) is 8.25. The molecule has 1 saturated carbocycles. The third kappa shape index (κ3) is 3.80. The number of hydrogen-bond acceptors (Lipinski definition) is 5. The lowest BCUT2D eigenvalue weighted by molar-refractivity contribution is 0.369. The van der Waals surface area contributed by atoms with E-state index in [1.807, 2.05) is 19.1 Å². The van der Waals surface area contributed by atoms with Gasteiger partial charge in [-0.15, -0.1) is 0 Å². The standard InChI is InChI=1S/C27H27FN6O/c1-17-24(33-12-10-27(16-33)9-11-30-15-27)32-25(19-5-7-23(29-2)21(28)13-19)34(26(17)35)20-6-8-22(31-14-20)18-3-4-18/h5-8,13-14,18,30H,3-4,9-12,15-16H2,1H3. The molecule has 8 heteroatoms. The zero-order chi connectivity index (χ0) is 24.2. The van der Waals surface area contributed by atoms with Crippen LogP contribution in [0.3, 0.4) is 0 Å². The largest absolute Gasteiger partial charge is 0.356 e. The summed E-state index contributed by atoms with van der Waals surface area (Å²) in [6.45, 7) is 12.7. The second-order valence-corrected chi connectivity index (χ2v) is 10.1. The number of benzene rings is 1. The van der Waals surface area contributed by atoms with Gasteiger partial charge in [0.1, 0.15) is 17.5 Å².